The molecule has 0 saturated carbocycles. The maximum Gasteiger partial charge on any atom is -0.0109 e. The van der Waals surface area contributed by atoms with Crippen LogP contribution >= 0.6 is 0 Å². The summed E-state index contributed by atoms with van der Waals surface area (Å²) in [6.45, 7) is 20.4. The van der Waals surface area contributed by atoms with Crippen molar-refractivity contribution in [2.24, 2.45) is 11.8 Å². The molecule has 0 spiro atoms. The molecule has 0 N–H and O–H groups in total. The summed E-state index contributed by atoms with van der Waals surface area (Å²) in [6.07, 6.45) is 1.03. The van der Waals surface area contributed by atoms with Crippen LogP contribution < -0.4 is 0 Å². The van der Waals surface area contributed by atoms with Gasteiger partial charge in [0.1, 0.15) is 0 Å². The zero-order valence-corrected chi connectivity index (χ0v) is 9.48. The molecule has 0 aromatic carbocycles. The minimum Gasteiger partial charge on any atom is -0.100 e. The molecule has 0 heterocycles. The van der Waals surface area contributed by atoms with Gasteiger partial charge in [0.2, 0.25) is 0 Å². The highest BCUT2D eigenvalue weighted by molar-refractivity contribution is 5.11. The third-order valence-electron chi connectivity index (χ3n) is 2.58. The van der Waals surface area contributed by atoms with Crippen molar-refractivity contribution >= 4 is 0 Å². The number of hydrogen-bond acceptors (Lipinski definition) is 0. The molecule has 0 amide bonds. The predicted octanol–water partition coefficient (Wildman–Crippen LogP) is 4.36. The maximum atomic E-state index is 4.03. The Morgan fingerprint density at radius 1 is 1.00 bits per heavy atom. The Morgan fingerprint density at radius 3 is 1.69 bits per heavy atom. The molecule has 0 heteroatoms. The van der Waals surface area contributed by atoms with Crippen molar-refractivity contribution in [3.05, 3.63) is 36.5 Å². The predicted molar refractivity (Wildman–Crippen MR) is 61.7 cm³/mol. The van der Waals surface area contributed by atoms with E-state index in [4.69, 9.17) is 0 Å². The van der Waals surface area contributed by atoms with Gasteiger partial charge in [0.05, 0.1) is 0 Å². The Kier molecular flexibility index (Phi) is 4.76. The molecule has 0 bridgehead atoms. The van der Waals surface area contributed by atoms with Gasteiger partial charge in [-0.3, -0.25) is 0 Å². The van der Waals surface area contributed by atoms with Crippen LogP contribution in [0.1, 0.15) is 34.1 Å². The molecule has 0 aliphatic rings. The highest BCUT2D eigenvalue weighted by Crippen LogP contribution is 2.29. The van der Waals surface area contributed by atoms with Crippen LogP contribution in [0.3, 0.4) is 0 Å². The minimum absolute atomic E-state index is 0.509. The smallest absolute Gasteiger partial charge is 0.0109 e. The van der Waals surface area contributed by atoms with E-state index >= 15 is 0 Å². The summed E-state index contributed by atoms with van der Waals surface area (Å²) in [5.74, 6) is 1.02. The molecule has 74 valence electrons. The molecule has 0 aromatic heterocycles. The first-order valence-electron chi connectivity index (χ1n) is 4.81. The highest BCUT2D eigenvalue weighted by atomic mass is 14.2. The van der Waals surface area contributed by atoms with Crippen molar-refractivity contribution in [2.75, 3.05) is 0 Å². The highest BCUT2D eigenvalue weighted by Gasteiger charge is 2.18. The summed E-state index contributed by atoms with van der Waals surface area (Å²) >= 11 is 0. The first-order valence-corrected chi connectivity index (χ1v) is 4.81. The van der Waals surface area contributed by atoms with Crippen LogP contribution in [-0.4, -0.2) is 0 Å². The standard InChI is InChI=1S/C13H22/c1-9(2)8-13(11(5)6)12(7)10(3)4/h12-13H,1,3,5,8H2,2,4,6-7H3. The van der Waals surface area contributed by atoms with E-state index in [0.717, 1.165) is 6.42 Å². The van der Waals surface area contributed by atoms with Crippen LogP contribution in [0.5, 0.6) is 0 Å². The Hall–Kier alpha value is -0.780. The van der Waals surface area contributed by atoms with E-state index in [-0.39, 0.29) is 0 Å². The van der Waals surface area contributed by atoms with Crippen LogP contribution in [0, 0.1) is 11.8 Å². The van der Waals surface area contributed by atoms with Gasteiger partial charge < -0.3 is 0 Å². The molecule has 0 radical (unpaired) electrons. The summed E-state index contributed by atoms with van der Waals surface area (Å²) in [5, 5.41) is 0. The summed E-state index contributed by atoms with van der Waals surface area (Å²) in [4.78, 5) is 0. The minimum atomic E-state index is 0.509. The average molecular weight is 178 g/mol. The van der Waals surface area contributed by atoms with Crippen LogP contribution in [0.25, 0.3) is 0 Å². The number of hydrogen-bond donors (Lipinski definition) is 0. The van der Waals surface area contributed by atoms with Crippen LogP contribution in [0.4, 0.5) is 0 Å². The van der Waals surface area contributed by atoms with Gasteiger partial charge in [0.25, 0.3) is 0 Å². The Labute approximate surface area is 83.0 Å². The van der Waals surface area contributed by atoms with Crippen molar-refractivity contribution in [1.29, 1.82) is 0 Å². The van der Waals surface area contributed by atoms with Gasteiger partial charge in [-0.05, 0) is 39.0 Å². The van der Waals surface area contributed by atoms with Crippen molar-refractivity contribution in [2.45, 2.75) is 34.1 Å². The third-order valence-corrected chi connectivity index (χ3v) is 2.58. The topological polar surface area (TPSA) is 0 Å². The Balaban J connectivity index is 4.51. The lowest BCUT2D eigenvalue weighted by Crippen LogP contribution is -2.13. The van der Waals surface area contributed by atoms with Crippen LogP contribution in [0.15, 0.2) is 36.5 Å². The number of allylic oxidation sites excluding steroid dienone is 3. The van der Waals surface area contributed by atoms with Gasteiger partial charge >= 0.3 is 0 Å². The van der Waals surface area contributed by atoms with E-state index in [9.17, 15) is 0 Å². The molecular weight excluding hydrogens is 156 g/mol. The molecule has 0 aliphatic carbocycles. The van der Waals surface area contributed by atoms with E-state index in [1.165, 1.54) is 16.7 Å². The monoisotopic (exact) mass is 178 g/mol. The van der Waals surface area contributed by atoms with E-state index in [2.05, 4.69) is 47.4 Å². The van der Waals surface area contributed by atoms with Crippen molar-refractivity contribution in [3.8, 4) is 0 Å². The second-order valence-electron chi connectivity index (χ2n) is 4.25. The summed E-state index contributed by atoms with van der Waals surface area (Å²) < 4.78 is 0. The van der Waals surface area contributed by atoms with Gasteiger partial charge in [-0.2, -0.15) is 0 Å². The SMILES string of the molecule is C=C(C)CC(C(=C)C)C(C)C(=C)C. The van der Waals surface area contributed by atoms with Crippen molar-refractivity contribution < 1.29 is 0 Å². The lowest BCUT2D eigenvalue weighted by molar-refractivity contribution is 0.463. The molecule has 0 saturated heterocycles. The zero-order chi connectivity index (χ0) is 10.6. The molecular formula is C13H22. The normalized spacial score (nSPS) is 14.8. The molecule has 0 aliphatic heterocycles. The fourth-order valence-electron chi connectivity index (χ4n) is 1.50. The second-order valence-corrected chi connectivity index (χ2v) is 4.25. The zero-order valence-electron chi connectivity index (χ0n) is 9.48. The fourth-order valence-corrected chi connectivity index (χ4v) is 1.50. The van der Waals surface area contributed by atoms with E-state index in [0.29, 0.717) is 11.8 Å². The molecule has 0 aromatic rings. The van der Waals surface area contributed by atoms with Crippen LogP contribution in [0.2, 0.25) is 0 Å². The first kappa shape index (κ1) is 12.2. The second kappa shape index (κ2) is 5.06. The van der Waals surface area contributed by atoms with E-state index in [1.807, 2.05) is 0 Å². The molecule has 0 fully saturated rings. The quantitative estimate of drug-likeness (QED) is 0.549. The van der Waals surface area contributed by atoms with Crippen LogP contribution in [-0.2, 0) is 0 Å². The third kappa shape index (κ3) is 4.12. The van der Waals surface area contributed by atoms with E-state index in [1.54, 1.807) is 0 Å². The average Bonchev–Trinajstić information content (AvgIpc) is 1.97. The van der Waals surface area contributed by atoms with E-state index < -0.39 is 0 Å². The van der Waals surface area contributed by atoms with Crippen molar-refractivity contribution in [3.63, 3.8) is 0 Å². The van der Waals surface area contributed by atoms with Crippen molar-refractivity contribution in [1.82, 2.24) is 0 Å². The maximum absolute atomic E-state index is 4.03. The fraction of sp³-hybridized carbons (Fsp3) is 0.538. The molecule has 13 heavy (non-hydrogen) atoms. The van der Waals surface area contributed by atoms with Gasteiger partial charge in [0, 0.05) is 0 Å². The first-order chi connectivity index (χ1) is 5.86. The molecule has 0 rings (SSSR count). The lowest BCUT2D eigenvalue weighted by Gasteiger charge is -2.24. The summed E-state index contributed by atoms with van der Waals surface area (Å²) in [5.41, 5.74) is 3.69. The number of rotatable bonds is 5. The molecule has 2 atom stereocenters. The van der Waals surface area contributed by atoms with Gasteiger partial charge in [0.15, 0.2) is 0 Å². The van der Waals surface area contributed by atoms with Gasteiger partial charge in [-0.1, -0.05) is 36.8 Å². The van der Waals surface area contributed by atoms with Gasteiger partial charge in [-0.25, -0.2) is 0 Å². The summed E-state index contributed by atoms with van der Waals surface area (Å²) in [7, 11) is 0. The summed E-state index contributed by atoms with van der Waals surface area (Å²) in [6, 6.07) is 0. The molecule has 0 nitrogen and oxygen atoms in total. The molecule has 2 unspecified atom stereocenters. The Bertz CT molecular complexity index is 220. The van der Waals surface area contributed by atoms with Gasteiger partial charge in [-0.15, -0.1) is 6.58 Å². The Morgan fingerprint density at radius 2 is 1.46 bits per heavy atom. The lowest BCUT2D eigenvalue weighted by atomic mass is 9.80. The largest absolute Gasteiger partial charge is 0.100 e.